The van der Waals surface area contributed by atoms with Crippen LogP contribution in [0.1, 0.15) is 10.4 Å². The number of methoxy groups -OCH3 is 1. The predicted octanol–water partition coefficient (Wildman–Crippen LogP) is 3.15. The molecule has 0 unspecified atom stereocenters. The van der Waals surface area contributed by atoms with Crippen LogP contribution in [0.2, 0.25) is 0 Å². The molecule has 0 aliphatic rings. The summed E-state index contributed by atoms with van der Waals surface area (Å²) in [5, 5.41) is 24.5. The molecule has 102 valence electrons. The Hall–Kier alpha value is -2.59. The van der Waals surface area contributed by atoms with Crippen LogP contribution in [0.4, 0.5) is 11.4 Å². The summed E-state index contributed by atoms with van der Waals surface area (Å²) in [5.41, 5.74) is 0.972. The minimum absolute atomic E-state index is 0.0404. The van der Waals surface area contributed by atoms with Gasteiger partial charge in [-0.25, -0.2) is 0 Å². The van der Waals surface area contributed by atoms with Crippen LogP contribution in [0.5, 0.6) is 5.75 Å². The van der Waals surface area contributed by atoms with Gasteiger partial charge in [0.25, 0.3) is 5.69 Å². The first-order chi connectivity index (χ1) is 9.63. The number of hydrogen-bond donors (Lipinski definition) is 1. The molecular formula is C13H11N3O3S. The molecule has 2 rings (SSSR count). The van der Waals surface area contributed by atoms with Crippen LogP contribution in [0.25, 0.3) is 0 Å². The molecule has 0 aliphatic carbocycles. The van der Waals surface area contributed by atoms with Gasteiger partial charge >= 0.3 is 0 Å². The van der Waals surface area contributed by atoms with E-state index in [1.54, 1.807) is 23.6 Å². The summed E-state index contributed by atoms with van der Waals surface area (Å²) < 4.78 is 4.97. The van der Waals surface area contributed by atoms with Crippen LogP contribution in [0.15, 0.2) is 29.6 Å². The zero-order valence-electron chi connectivity index (χ0n) is 10.6. The van der Waals surface area contributed by atoms with Gasteiger partial charge in [0.15, 0.2) is 0 Å². The Kier molecular flexibility index (Phi) is 4.17. The van der Waals surface area contributed by atoms with Crippen LogP contribution >= 0.6 is 11.3 Å². The lowest BCUT2D eigenvalue weighted by atomic mass is 10.2. The van der Waals surface area contributed by atoms with Gasteiger partial charge in [-0.05, 0) is 18.2 Å². The normalized spacial score (nSPS) is 9.80. The predicted molar refractivity (Wildman–Crippen MR) is 76.0 cm³/mol. The van der Waals surface area contributed by atoms with E-state index in [2.05, 4.69) is 5.32 Å². The standard InChI is InChI=1S/C13H11N3O3S/c1-19-10-2-3-12(13(5-10)16(17)18)15-7-11-4-9(6-14)8-20-11/h2-5,8,15H,7H2,1H3. The minimum atomic E-state index is -0.458. The lowest BCUT2D eigenvalue weighted by Gasteiger charge is -2.07. The van der Waals surface area contributed by atoms with Gasteiger partial charge in [-0.2, -0.15) is 5.26 Å². The average Bonchev–Trinajstić information content (AvgIpc) is 2.92. The van der Waals surface area contributed by atoms with E-state index >= 15 is 0 Å². The third-order valence-electron chi connectivity index (χ3n) is 2.64. The summed E-state index contributed by atoms with van der Waals surface area (Å²) >= 11 is 1.44. The van der Waals surface area contributed by atoms with Crippen molar-refractivity contribution in [1.82, 2.24) is 0 Å². The Labute approximate surface area is 119 Å². The minimum Gasteiger partial charge on any atom is -0.496 e. The maximum atomic E-state index is 11.0. The van der Waals surface area contributed by atoms with Crippen molar-refractivity contribution in [3.05, 3.63) is 50.2 Å². The van der Waals surface area contributed by atoms with Gasteiger partial charge in [0.1, 0.15) is 17.5 Å². The van der Waals surface area contributed by atoms with E-state index in [0.29, 0.717) is 23.5 Å². The third kappa shape index (κ3) is 3.05. The number of hydrogen-bond acceptors (Lipinski definition) is 6. The fourth-order valence-electron chi connectivity index (χ4n) is 1.65. The Morgan fingerprint density at radius 3 is 2.90 bits per heavy atom. The number of anilines is 1. The van der Waals surface area contributed by atoms with Crippen molar-refractivity contribution in [2.24, 2.45) is 0 Å². The number of nitrogens with one attached hydrogen (secondary N) is 1. The number of nitro groups is 1. The molecule has 1 N–H and O–H groups in total. The summed E-state index contributed by atoms with van der Waals surface area (Å²) in [6.45, 7) is 0.430. The van der Waals surface area contributed by atoms with Gasteiger partial charge in [0, 0.05) is 16.8 Å². The molecule has 0 aliphatic heterocycles. The quantitative estimate of drug-likeness (QED) is 0.674. The van der Waals surface area contributed by atoms with Gasteiger partial charge in [0.05, 0.1) is 23.7 Å². The molecule has 0 bridgehead atoms. The van der Waals surface area contributed by atoms with E-state index in [1.807, 2.05) is 6.07 Å². The molecule has 1 heterocycles. The molecule has 0 saturated heterocycles. The number of nitrogens with zero attached hydrogens (tertiary/aromatic N) is 2. The van der Waals surface area contributed by atoms with Crippen molar-refractivity contribution in [3.8, 4) is 11.8 Å². The molecule has 0 radical (unpaired) electrons. The SMILES string of the molecule is COc1ccc(NCc2cc(C#N)cs2)c([N+](=O)[O-])c1. The zero-order valence-corrected chi connectivity index (χ0v) is 11.4. The van der Waals surface area contributed by atoms with Crippen molar-refractivity contribution >= 4 is 22.7 Å². The van der Waals surface area contributed by atoms with Crippen LogP contribution < -0.4 is 10.1 Å². The van der Waals surface area contributed by atoms with Crippen molar-refractivity contribution in [1.29, 1.82) is 5.26 Å². The number of ether oxygens (including phenoxy) is 1. The summed E-state index contributed by atoms with van der Waals surface area (Å²) in [6, 6.07) is 8.44. The Balaban J connectivity index is 2.16. The fraction of sp³-hybridized carbons (Fsp3) is 0.154. The molecule has 7 heteroatoms. The second-order valence-electron chi connectivity index (χ2n) is 3.91. The van der Waals surface area contributed by atoms with Crippen LogP contribution in [-0.2, 0) is 6.54 Å². The maximum absolute atomic E-state index is 11.0. The number of rotatable bonds is 5. The van der Waals surface area contributed by atoms with E-state index in [0.717, 1.165) is 4.88 Å². The van der Waals surface area contributed by atoms with Crippen LogP contribution in [-0.4, -0.2) is 12.0 Å². The van der Waals surface area contributed by atoms with Crippen molar-refractivity contribution in [2.45, 2.75) is 6.54 Å². The highest BCUT2D eigenvalue weighted by atomic mass is 32.1. The second-order valence-corrected chi connectivity index (χ2v) is 4.90. The number of thiophene rings is 1. The first kappa shape index (κ1) is 13.8. The zero-order chi connectivity index (χ0) is 14.5. The van der Waals surface area contributed by atoms with Gasteiger partial charge in [0.2, 0.25) is 0 Å². The molecule has 20 heavy (non-hydrogen) atoms. The summed E-state index contributed by atoms with van der Waals surface area (Å²) in [7, 11) is 1.46. The third-order valence-corrected chi connectivity index (χ3v) is 3.57. The lowest BCUT2D eigenvalue weighted by molar-refractivity contribution is -0.384. The van der Waals surface area contributed by atoms with E-state index < -0.39 is 4.92 Å². The van der Waals surface area contributed by atoms with Gasteiger partial charge in [-0.15, -0.1) is 11.3 Å². The first-order valence-corrected chi connectivity index (χ1v) is 6.56. The van der Waals surface area contributed by atoms with Crippen molar-refractivity contribution < 1.29 is 9.66 Å². The number of benzene rings is 1. The smallest absolute Gasteiger partial charge is 0.296 e. The van der Waals surface area contributed by atoms with Gasteiger partial charge < -0.3 is 10.1 Å². The highest BCUT2D eigenvalue weighted by Gasteiger charge is 2.15. The fourth-order valence-corrected chi connectivity index (χ4v) is 2.40. The summed E-state index contributed by atoms with van der Waals surface area (Å²) in [5.74, 6) is 0.435. The van der Waals surface area contributed by atoms with Gasteiger partial charge in [-0.1, -0.05) is 0 Å². The molecule has 0 atom stereocenters. The van der Waals surface area contributed by atoms with E-state index in [9.17, 15) is 10.1 Å². The molecule has 1 aromatic carbocycles. The molecule has 0 fully saturated rings. The monoisotopic (exact) mass is 289 g/mol. The lowest BCUT2D eigenvalue weighted by Crippen LogP contribution is -2.01. The largest absolute Gasteiger partial charge is 0.496 e. The first-order valence-electron chi connectivity index (χ1n) is 5.68. The average molecular weight is 289 g/mol. The molecular weight excluding hydrogens is 278 g/mol. The van der Waals surface area contributed by atoms with Gasteiger partial charge in [-0.3, -0.25) is 10.1 Å². The molecule has 2 aromatic rings. The molecule has 6 nitrogen and oxygen atoms in total. The Morgan fingerprint density at radius 1 is 1.50 bits per heavy atom. The van der Waals surface area contributed by atoms with E-state index in [4.69, 9.17) is 10.00 Å². The van der Waals surface area contributed by atoms with Crippen LogP contribution in [0.3, 0.4) is 0 Å². The molecule has 0 amide bonds. The Bertz CT molecular complexity index is 676. The number of nitro benzene ring substituents is 1. The number of nitriles is 1. The highest BCUT2D eigenvalue weighted by molar-refractivity contribution is 7.10. The summed E-state index contributed by atoms with van der Waals surface area (Å²) in [6.07, 6.45) is 0. The highest BCUT2D eigenvalue weighted by Crippen LogP contribution is 2.29. The second kappa shape index (κ2) is 6.04. The van der Waals surface area contributed by atoms with Crippen LogP contribution in [0, 0.1) is 21.4 Å². The topological polar surface area (TPSA) is 88.2 Å². The molecule has 0 saturated carbocycles. The van der Waals surface area contributed by atoms with E-state index in [-0.39, 0.29) is 5.69 Å². The maximum Gasteiger partial charge on any atom is 0.296 e. The molecule has 0 spiro atoms. The molecule has 1 aromatic heterocycles. The van der Waals surface area contributed by atoms with Crippen molar-refractivity contribution in [3.63, 3.8) is 0 Å². The summed E-state index contributed by atoms with van der Waals surface area (Å²) in [4.78, 5) is 11.5. The van der Waals surface area contributed by atoms with Crippen molar-refractivity contribution in [2.75, 3.05) is 12.4 Å². The Morgan fingerprint density at radius 2 is 2.30 bits per heavy atom. The van der Waals surface area contributed by atoms with E-state index in [1.165, 1.54) is 24.5 Å².